The van der Waals surface area contributed by atoms with E-state index in [0.29, 0.717) is 41.2 Å². The van der Waals surface area contributed by atoms with Crippen LogP contribution in [0, 0.1) is 0 Å². The number of ether oxygens (including phenoxy) is 4. The normalized spacial score (nSPS) is 16.5. The third kappa shape index (κ3) is 6.05. The first-order valence-electron chi connectivity index (χ1n) is 15.8. The summed E-state index contributed by atoms with van der Waals surface area (Å²) >= 11 is 0. The average Bonchev–Trinajstić information content (AvgIpc) is 3.29. The van der Waals surface area contributed by atoms with Gasteiger partial charge in [0.1, 0.15) is 5.75 Å². The maximum atomic E-state index is 13.6. The van der Waals surface area contributed by atoms with Crippen molar-refractivity contribution < 1.29 is 28.5 Å². The summed E-state index contributed by atoms with van der Waals surface area (Å²) in [5.74, 6) is 1.79. The molecule has 2 aliphatic carbocycles. The summed E-state index contributed by atoms with van der Waals surface area (Å²) in [6, 6.07) is 12.3. The second-order valence-corrected chi connectivity index (χ2v) is 11.9. The van der Waals surface area contributed by atoms with Crippen molar-refractivity contribution >= 4 is 28.4 Å². The van der Waals surface area contributed by atoms with Gasteiger partial charge < -0.3 is 39.9 Å². The van der Waals surface area contributed by atoms with E-state index in [1.165, 1.54) is 18.6 Å². The molecule has 3 aromatic carbocycles. The van der Waals surface area contributed by atoms with Crippen LogP contribution >= 0.6 is 0 Å². The van der Waals surface area contributed by atoms with Gasteiger partial charge in [0, 0.05) is 29.1 Å². The molecule has 1 unspecified atom stereocenters. The Hall–Kier alpha value is -5.19. The number of hydrogen-bond acceptors (Lipinski definition) is 8. The highest BCUT2D eigenvalue weighted by molar-refractivity contribution is 5.88. The Balaban J connectivity index is 1.30. The Labute approximate surface area is 272 Å². The van der Waals surface area contributed by atoms with Crippen molar-refractivity contribution in [2.75, 3.05) is 40.3 Å². The van der Waals surface area contributed by atoms with Crippen LogP contribution in [0.3, 0.4) is 0 Å². The van der Waals surface area contributed by atoms with E-state index in [4.69, 9.17) is 18.9 Å². The van der Waals surface area contributed by atoms with Crippen LogP contribution in [0.25, 0.3) is 22.0 Å². The summed E-state index contributed by atoms with van der Waals surface area (Å²) in [7, 11) is 6.32. The number of methoxy groups -OCH3 is 4. The smallest absolute Gasteiger partial charge is 0.239 e. The Kier molecular flexibility index (Phi) is 8.97. The maximum Gasteiger partial charge on any atom is 0.239 e. The number of aryl methyl sites for hydroxylation is 2. The number of hydrogen-bond donors (Lipinski definition) is 4. The minimum absolute atomic E-state index is 0.0934. The van der Waals surface area contributed by atoms with Gasteiger partial charge in [0.25, 0.3) is 0 Å². The molecule has 0 saturated carbocycles. The lowest BCUT2D eigenvalue weighted by Crippen LogP contribution is -2.35. The molecule has 246 valence electrons. The molecule has 11 heteroatoms. The number of nitrogens with one attached hydrogen (secondary N) is 4. The number of H-pyrrole nitrogens is 1. The first kappa shape index (κ1) is 31.8. The van der Waals surface area contributed by atoms with E-state index >= 15 is 0 Å². The number of carbonyl (C=O) groups excluding carboxylic acids is 2. The third-order valence-corrected chi connectivity index (χ3v) is 9.10. The van der Waals surface area contributed by atoms with E-state index < -0.39 is 6.04 Å². The predicted octanol–water partition coefficient (Wildman–Crippen LogP) is 4.96. The van der Waals surface area contributed by atoms with Gasteiger partial charge in [-0.3, -0.25) is 14.4 Å². The second-order valence-electron chi connectivity index (χ2n) is 11.9. The number of benzene rings is 2. The lowest BCUT2D eigenvalue weighted by atomic mass is 9.91. The van der Waals surface area contributed by atoms with Crippen LogP contribution in [-0.2, 0) is 22.4 Å². The first-order chi connectivity index (χ1) is 22.8. The molecule has 0 aliphatic heterocycles. The number of rotatable bonds is 9. The minimum Gasteiger partial charge on any atom is -0.497 e. The molecular formula is C36H40N4O7. The molecule has 11 nitrogen and oxygen atoms in total. The van der Waals surface area contributed by atoms with Gasteiger partial charge in [-0.15, -0.1) is 0 Å². The van der Waals surface area contributed by atoms with E-state index in [-0.39, 0.29) is 35.5 Å². The molecule has 0 spiro atoms. The van der Waals surface area contributed by atoms with Gasteiger partial charge in [-0.2, -0.15) is 0 Å². The molecule has 4 N–H and O–H groups in total. The van der Waals surface area contributed by atoms with Crippen molar-refractivity contribution in [2.45, 2.75) is 51.1 Å². The number of fused-ring (bicyclic) bond motifs is 6. The summed E-state index contributed by atoms with van der Waals surface area (Å²) in [6.45, 7) is 1.36. The van der Waals surface area contributed by atoms with Crippen LogP contribution in [0.15, 0.2) is 47.3 Å². The Morgan fingerprint density at radius 3 is 2.40 bits per heavy atom. The van der Waals surface area contributed by atoms with Crippen molar-refractivity contribution in [1.29, 1.82) is 0 Å². The van der Waals surface area contributed by atoms with Gasteiger partial charge in [-0.05, 0) is 90.8 Å². The predicted molar refractivity (Wildman–Crippen MR) is 180 cm³/mol. The van der Waals surface area contributed by atoms with E-state index in [1.807, 2.05) is 30.3 Å². The van der Waals surface area contributed by atoms with Gasteiger partial charge in [-0.1, -0.05) is 6.07 Å². The van der Waals surface area contributed by atoms with E-state index in [2.05, 4.69) is 20.9 Å². The molecule has 6 rings (SSSR count). The molecule has 2 atom stereocenters. The number of amides is 2. The zero-order chi connectivity index (χ0) is 33.2. The standard InChI is InChI=1S/C36H40N4O7/c1-19(41)38-26-12-9-20-15-31(45-3)35(46-4)36(47-5)33(20)22-11-14-28(30(42)17-25(22)26)37-18-32(43)39-29-8-6-7-23-24-16-21(44-2)10-13-27(24)40-34(23)29/h10-11,13-17,26,29,40H,6-9,12,18H2,1-5H3,(H,37,42)(H,38,41)(H,39,43)/t26-,29?/m0/s1. The fraction of sp³-hybridized carbons (Fsp3) is 0.361. The third-order valence-electron chi connectivity index (χ3n) is 9.10. The van der Waals surface area contributed by atoms with Crippen LogP contribution in [0.2, 0.25) is 0 Å². The van der Waals surface area contributed by atoms with Crippen LogP contribution in [-0.4, -0.2) is 51.8 Å². The van der Waals surface area contributed by atoms with Crippen LogP contribution in [0.5, 0.6) is 23.0 Å². The lowest BCUT2D eigenvalue weighted by molar-refractivity contribution is -0.120. The SMILES string of the molecule is COc1ccc2[nH]c3c(c2c1)CCCC3NC(=O)CNc1ccc2c(cc1=O)[C@@H](NC(C)=O)CCc1cc(OC)c(OC)c(OC)c1-2. The molecule has 2 aliphatic rings. The van der Waals surface area contributed by atoms with Gasteiger partial charge in [0.05, 0.1) is 52.8 Å². The first-order valence-corrected chi connectivity index (χ1v) is 15.8. The monoisotopic (exact) mass is 640 g/mol. The average molecular weight is 641 g/mol. The van der Waals surface area contributed by atoms with E-state index in [9.17, 15) is 14.4 Å². The van der Waals surface area contributed by atoms with Crippen molar-refractivity contribution in [3.63, 3.8) is 0 Å². The Morgan fingerprint density at radius 2 is 1.68 bits per heavy atom. The summed E-state index contributed by atoms with van der Waals surface area (Å²) in [5, 5.41) is 10.3. The van der Waals surface area contributed by atoms with Gasteiger partial charge in [-0.25, -0.2) is 0 Å². The molecule has 4 aromatic rings. The summed E-state index contributed by atoms with van der Waals surface area (Å²) < 4.78 is 22.5. The Bertz CT molecular complexity index is 1920. The van der Waals surface area contributed by atoms with Crippen LogP contribution in [0.1, 0.15) is 60.7 Å². The number of anilines is 1. The van der Waals surface area contributed by atoms with Crippen molar-refractivity contribution in [1.82, 2.24) is 15.6 Å². The molecule has 0 fully saturated rings. The molecule has 1 aromatic heterocycles. The molecule has 1 heterocycles. The van der Waals surface area contributed by atoms with Crippen molar-refractivity contribution in [3.05, 3.63) is 75.1 Å². The summed E-state index contributed by atoms with van der Waals surface area (Å²) in [6.07, 6.45) is 3.82. The lowest BCUT2D eigenvalue weighted by Gasteiger charge is -2.24. The number of carbonyl (C=O) groups is 2. The number of aromatic nitrogens is 1. The highest BCUT2D eigenvalue weighted by Crippen LogP contribution is 2.50. The van der Waals surface area contributed by atoms with Crippen LogP contribution in [0.4, 0.5) is 5.69 Å². The van der Waals surface area contributed by atoms with Gasteiger partial charge >= 0.3 is 0 Å². The van der Waals surface area contributed by atoms with Gasteiger partial charge in [0.15, 0.2) is 11.5 Å². The zero-order valence-corrected chi connectivity index (χ0v) is 27.3. The summed E-state index contributed by atoms with van der Waals surface area (Å²) in [5.41, 5.74) is 6.23. The van der Waals surface area contributed by atoms with Crippen molar-refractivity contribution in [2.24, 2.45) is 0 Å². The molecule has 0 radical (unpaired) electrons. The number of aromatic amines is 1. The molecular weight excluding hydrogens is 600 g/mol. The molecule has 47 heavy (non-hydrogen) atoms. The second kappa shape index (κ2) is 13.3. The molecule has 0 saturated heterocycles. The minimum atomic E-state index is -0.426. The Morgan fingerprint density at radius 1 is 0.872 bits per heavy atom. The van der Waals surface area contributed by atoms with Crippen molar-refractivity contribution in [3.8, 4) is 34.1 Å². The van der Waals surface area contributed by atoms with E-state index in [0.717, 1.165) is 52.7 Å². The zero-order valence-electron chi connectivity index (χ0n) is 27.3. The highest BCUT2D eigenvalue weighted by Gasteiger charge is 2.30. The summed E-state index contributed by atoms with van der Waals surface area (Å²) in [4.78, 5) is 42.6. The van der Waals surface area contributed by atoms with Gasteiger partial charge in [0.2, 0.25) is 23.0 Å². The largest absolute Gasteiger partial charge is 0.497 e. The van der Waals surface area contributed by atoms with Crippen LogP contribution < -0.4 is 40.3 Å². The molecule has 0 bridgehead atoms. The maximum absolute atomic E-state index is 13.6. The fourth-order valence-electron chi connectivity index (χ4n) is 6.99. The highest BCUT2D eigenvalue weighted by atomic mass is 16.5. The topological polar surface area (TPSA) is 140 Å². The fourth-order valence-corrected chi connectivity index (χ4v) is 6.99. The quantitative estimate of drug-likeness (QED) is 0.201. The van der Waals surface area contributed by atoms with E-state index in [1.54, 1.807) is 34.5 Å². The molecule has 2 amide bonds.